The van der Waals surface area contributed by atoms with Gasteiger partial charge in [-0.1, -0.05) is 6.92 Å². The van der Waals surface area contributed by atoms with E-state index in [9.17, 15) is 22.8 Å². The number of hydrogen-bond donors (Lipinski definition) is 2. The van der Waals surface area contributed by atoms with Crippen LogP contribution in [0, 0.1) is 6.92 Å². The summed E-state index contributed by atoms with van der Waals surface area (Å²) in [4.78, 5) is 25.5. The Hall–Kier alpha value is -2.55. The minimum absolute atomic E-state index is 0.0754. The predicted molar refractivity (Wildman–Crippen MR) is 86.5 cm³/mol. The predicted octanol–water partition coefficient (Wildman–Crippen LogP) is 3.59. The molecule has 2 N–H and O–H groups in total. The molecule has 0 radical (unpaired) electrons. The van der Waals surface area contributed by atoms with E-state index in [1.165, 1.54) is 11.3 Å². The zero-order chi connectivity index (χ0) is 18.6. The van der Waals surface area contributed by atoms with Crippen molar-refractivity contribution in [3.05, 3.63) is 51.2 Å². The SMILES string of the molecule is CCc1sc(C(=O)NNC(=O)c2ccc(OC(F)(F)F)cc2)cc1C. The van der Waals surface area contributed by atoms with Crippen LogP contribution in [-0.2, 0) is 6.42 Å². The number of hydrazine groups is 1. The fraction of sp³-hybridized carbons (Fsp3) is 0.250. The molecule has 0 atom stereocenters. The lowest BCUT2D eigenvalue weighted by molar-refractivity contribution is -0.274. The van der Waals surface area contributed by atoms with E-state index in [-0.39, 0.29) is 5.56 Å². The minimum Gasteiger partial charge on any atom is -0.406 e. The fourth-order valence-electron chi connectivity index (χ4n) is 2.04. The quantitative estimate of drug-likeness (QED) is 0.806. The molecule has 0 aliphatic heterocycles. The molecule has 0 saturated carbocycles. The summed E-state index contributed by atoms with van der Waals surface area (Å²) in [6.07, 6.45) is -3.99. The number of alkyl halides is 3. The second-order valence-corrected chi connectivity index (χ2v) is 6.19. The summed E-state index contributed by atoms with van der Waals surface area (Å²) in [5.74, 6) is -1.55. The standard InChI is InChI=1S/C16H15F3N2O3S/c1-3-12-9(2)8-13(25-12)15(23)21-20-14(22)10-4-6-11(7-5-10)24-16(17,18)19/h4-8H,3H2,1-2H3,(H,20,22)(H,21,23). The summed E-state index contributed by atoms with van der Waals surface area (Å²) in [5.41, 5.74) is 5.57. The molecular weight excluding hydrogens is 357 g/mol. The van der Waals surface area contributed by atoms with Crippen LogP contribution in [0.1, 0.15) is 37.4 Å². The van der Waals surface area contributed by atoms with E-state index in [1.54, 1.807) is 6.07 Å². The van der Waals surface area contributed by atoms with E-state index >= 15 is 0 Å². The van der Waals surface area contributed by atoms with E-state index in [0.717, 1.165) is 41.1 Å². The molecule has 9 heteroatoms. The van der Waals surface area contributed by atoms with Gasteiger partial charge in [0.2, 0.25) is 0 Å². The molecule has 0 aliphatic rings. The monoisotopic (exact) mass is 372 g/mol. The Balaban J connectivity index is 1.94. The molecule has 1 aromatic carbocycles. The lowest BCUT2D eigenvalue weighted by Crippen LogP contribution is -2.41. The molecule has 0 fully saturated rings. The van der Waals surface area contributed by atoms with Crippen molar-refractivity contribution in [1.29, 1.82) is 0 Å². The first kappa shape index (κ1) is 18.8. The Kier molecular flexibility index (Phi) is 5.68. The number of rotatable bonds is 4. The fourth-order valence-corrected chi connectivity index (χ4v) is 3.05. The summed E-state index contributed by atoms with van der Waals surface area (Å²) < 4.78 is 40.0. The lowest BCUT2D eigenvalue weighted by Gasteiger charge is -2.09. The van der Waals surface area contributed by atoms with E-state index in [4.69, 9.17) is 0 Å². The smallest absolute Gasteiger partial charge is 0.406 e. The molecule has 2 aromatic rings. The number of benzene rings is 1. The third kappa shape index (κ3) is 5.21. The average Bonchev–Trinajstić information content (AvgIpc) is 2.92. The number of thiophene rings is 1. The minimum atomic E-state index is -4.80. The molecule has 0 aliphatic carbocycles. The molecule has 0 bridgehead atoms. The number of carbonyl (C=O) groups is 2. The van der Waals surface area contributed by atoms with Crippen LogP contribution in [0.4, 0.5) is 13.2 Å². The Morgan fingerprint density at radius 1 is 1.12 bits per heavy atom. The van der Waals surface area contributed by atoms with Gasteiger partial charge in [0.15, 0.2) is 0 Å². The molecule has 25 heavy (non-hydrogen) atoms. The maximum atomic E-state index is 12.1. The van der Waals surface area contributed by atoms with Crippen LogP contribution in [0.15, 0.2) is 30.3 Å². The van der Waals surface area contributed by atoms with Crippen molar-refractivity contribution in [3.63, 3.8) is 0 Å². The van der Waals surface area contributed by atoms with Crippen LogP contribution < -0.4 is 15.6 Å². The van der Waals surface area contributed by atoms with Crippen molar-refractivity contribution < 1.29 is 27.5 Å². The lowest BCUT2D eigenvalue weighted by atomic mass is 10.2. The highest BCUT2D eigenvalue weighted by molar-refractivity contribution is 7.14. The van der Waals surface area contributed by atoms with Gasteiger partial charge < -0.3 is 4.74 Å². The van der Waals surface area contributed by atoms with Gasteiger partial charge in [-0.15, -0.1) is 24.5 Å². The maximum Gasteiger partial charge on any atom is 0.573 e. The third-order valence-corrected chi connectivity index (χ3v) is 4.59. The van der Waals surface area contributed by atoms with Gasteiger partial charge in [0.05, 0.1) is 4.88 Å². The van der Waals surface area contributed by atoms with Gasteiger partial charge in [0.25, 0.3) is 11.8 Å². The number of carbonyl (C=O) groups excluding carboxylic acids is 2. The summed E-state index contributed by atoms with van der Waals surface area (Å²) >= 11 is 1.34. The van der Waals surface area contributed by atoms with Crippen LogP contribution in [0.5, 0.6) is 5.75 Å². The van der Waals surface area contributed by atoms with Gasteiger partial charge in [-0.3, -0.25) is 20.4 Å². The van der Waals surface area contributed by atoms with Crippen molar-refractivity contribution in [2.75, 3.05) is 0 Å². The summed E-state index contributed by atoms with van der Waals surface area (Å²) in [5, 5.41) is 0. The molecule has 2 amide bonds. The molecular formula is C16H15F3N2O3S. The van der Waals surface area contributed by atoms with Gasteiger partial charge >= 0.3 is 6.36 Å². The second-order valence-electron chi connectivity index (χ2n) is 5.05. The number of halogens is 3. The molecule has 2 rings (SSSR count). The van der Waals surface area contributed by atoms with E-state index in [2.05, 4.69) is 15.6 Å². The number of hydrogen-bond acceptors (Lipinski definition) is 4. The first-order valence-corrected chi connectivity index (χ1v) is 8.07. The first-order chi connectivity index (χ1) is 11.7. The molecule has 0 unspecified atom stereocenters. The number of amides is 2. The van der Waals surface area contributed by atoms with Crippen LogP contribution in [0.3, 0.4) is 0 Å². The van der Waals surface area contributed by atoms with Crippen LogP contribution >= 0.6 is 11.3 Å². The average molecular weight is 372 g/mol. The van der Waals surface area contributed by atoms with Gasteiger partial charge in [0, 0.05) is 10.4 Å². The first-order valence-electron chi connectivity index (χ1n) is 7.25. The Labute approximate surface area is 145 Å². The van der Waals surface area contributed by atoms with Gasteiger partial charge in [-0.2, -0.15) is 0 Å². The highest BCUT2D eigenvalue weighted by Gasteiger charge is 2.31. The zero-order valence-corrected chi connectivity index (χ0v) is 14.2. The molecule has 1 heterocycles. The van der Waals surface area contributed by atoms with Crippen molar-refractivity contribution in [3.8, 4) is 5.75 Å². The summed E-state index contributed by atoms with van der Waals surface area (Å²) in [7, 11) is 0. The summed E-state index contributed by atoms with van der Waals surface area (Å²) in [6.45, 7) is 3.88. The van der Waals surface area contributed by atoms with Crippen LogP contribution in [0.25, 0.3) is 0 Å². The molecule has 1 aromatic heterocycles. The molecule has 134 valence electrons. The second kappa shape index (κ2) is 7.56. The van der Waals surface area contributed by atoms with Crippen LogP contribution in [0.2, 0.25) is 0 Å². The molecule has 0 saturated heterocycles. The van der Waals surface area contributed by atoms with Crippen molar-refractivity contribution >= 4 is 23.2 Å². The highest BCUT2D eigenvalue weighted by Crippen LogP contribution is 2.23. The Bertz CT molecular complexity index is 770. The van der Waals surface area contributed by atoms with Crippen molar-refractivity contribution in [2.45, 2.75) is 26.6 Å². The van der Waals surface area contributed by atoms with E-state index < -0.39 is 23.9 Å². The Morgan fingerprint density at radius 3 is 2.24 bits per heavy atom. The number of aryl methyl sites for hydroxylation is 2. The number of ether oxygens (including phenoxy) is 1. The summed E-state index contributed by atoms with van der Waals surface area (Å²) in [6, 6.07) is 6.08. The Morgan fingerprint density at radius 2 is 1.72 bits per heavy atom. The van der Waals surface area contributed by atoms with E-state index in [0.29, 0.717) is 4.88 Å². The highest BCUT2D eigenvalue weighted by atomic mass is 32.1. The van der Waals surface area contributed by atoms with Crippen molar-refractivity contribution in [2.24, 2.45) is 0 Å². The largest absolute Gasteiger partial charge is 0.573 e. The number of nitrogens with one attached hydrogen (secondary N) is 2. The van der Waals surface area contributed by atoms with Gasteiger partial charge in [-0.25, -0.2) is 0 Å². The molecule has 0 spiro atoms. The third-order valence-electron chi connectivity index (χ3n) is 3.21. The van der Waals surface area contributed by atoms with Gasteiger partial charge in [-0.05, 0) is 49.2 Å². The zero-order valence-electron chi connectivity index (χ0n) is 13.4. The molecule has 5 nitrogen and oxygen atoms in total. The van der Waals surface area contributed by atoms with Crippen LogP contribution in [-0.4, -0.2) is 18.2 Å². The van der Waals surface area contributed by atoms with Gasteiger partial charge in [0.1, 0.15) is 5.75 Å². The topological polar surface area (TPSA) is 67.4 Å². The normalized spacial score (nSPS) is 11.1. The maximum absolute atomic E-state index is 12.1. The van der Waals surface area contributed by atoms with E-state index in [1.807, 2.05) is 13.8 Å². The van der Waals surface area contributed by atoms with Crippen molar-refractivity contribution in [1.82, 2.24) is 10.9 Å².